The summed E-state index contributed by atoms with van der Waals surface area (Å²) in [5, 5.41) is 6.65. The highest BCUT2D eigenvalue weighted by molar-refractivity contribution is 7.90. The first kappa shape index (κ1) is 14.1. The predicted octanol–water partition coefficient (Wildman–Crippen LogP) is 2.31. The van der Waals surface area contributed by atoms with E-state index in [9.17, 15) is 8.42 Å². The Labute approximate surface area is 125 Å². The molecular formula is C16H18N2O2S. The van der Waals surface area contributed by atoms with Crippen molar-refractivity contribution in [3.8, 4) is 0 Å². The molecule has 0 aromatic heterocycles. The highest BCUT2D eigenvalue weighted by Gasteiger charge is 2.10. The molecule has 0 fully saturated rings. The van der Waals surface area contributed by atoms with E-state index in [-0.39, 0.29) is 0 Å². The van der Waals surface area contributed by atoms with Crippen LogP contribution in [0.2, 0.25) is 0 Å². The van der Waals surface area contributed by atoms with Crippen molar-refractivity contribution in [3.05, 3.63) is 59.2 Å². The van der Waals surface area contributed by atoms with Gasteiger partial charge in [-0.15, -0.1) is 0 Å². The van der Waals surface area contributed by atoms with Crippen LogP contribution in [0.15, 0.2) is 47.4 Å². The summed E-state index contributed by atoms with van der Waals surface area (Å²) >= 11 is 0. The molecule has 0 saturated carbocycles. The SMILES string of the molecule is CS(=O)(=O)c1ccc(NCc2ccc3c(c2)CNC3)cc1. The molecule has 0 saturated heterocycles. The van der Waals surface area contributed by atoms with Gasteiger partial charge in [0.15, 0.2) is 9.84 Å². The number of anilines is 1. The van der Waals surface area contributed by atoms with Gasteiger partial charge in [0, 0.05) is 31.6 Å². The molecule has 1 heterocycles. The Hall–Kier alpha value is -1.85. The minimum absolute atomic E-state index is 0.344. The molecule has 0 atom stereocenters. The van der Waals surface area contributed by atoms with Crippen LogP contribution >= 0.6 is 0 Å². The quantitative estimate of drug-likeness (QED) is 0.910. The van der Waals surface area contributed by atoms with Crippen molar-refractivity contribution in [1.82, 2.24) is 5.32 Å². The molecule has 0 spiro atoms. The molecule has 0 radical (unpaired) electrons. The topological polar surface area (TPSA) is 58.2 Å². The third-order valence-corrected chi connectivity index (χ3v) is 4.81. The van der Waals surface area contributed by atoms with Crippen LogP contribution < -0.4 is 10.6 Å². The Morgan fingerprint density at radius 1 is 1.05 bits per heavy atom. The molecule has 0 unspecified atom stereocenters. The molecule has 110 valence electrons. The lowest BCUT2D eigenvalue weighted by Crippen LogP contribution is -2.02. The normalized spacial score (nSPS) is 14.0. The van der Waals surface area contributed by atoms with Crippen LogP contribution in [0.25, 0.3) is 0 Å². The van der Waals surface area contributed by atoms with E-state index in [4.69, 9.17) is 0 Å². The van der Waals surface area contributed by atoms with Crippen LogP contribution in [0.1, 0.15) is 16.7 Å². The zero-order valence-corrected chi connectivity index (χ0v) is 12.7. The van der Waals surface area contributed by atoms with Crippen LogP contribution in [-0.4, -0.2) is 14.7 Å². The second-order valence-corrected chi connectivity index (χ2v) is 7.37. The molecule has 0 bridgehead atoms. The predicted molar refractivity (Wildman–Crippen MR) is 83.9 cm³/mol. The Morgan fingerprint density at radius 3 is 2.48 bits per heavy atom. The Morgan fingerprint density at radius 2 is 1.76 bits per heavy atom. The summed E-state index contributed by atoms with van der Waals surface area (Å²) in [6.07, 6.45) is 1.22. The van der Waals surface area contributed by atoms with Gasteiger partial charge in [-0.2, -0.15) is 0 Å². The van der Waals surface area contributed by atoms with E-state index in [0.717, 1.165) is 25.3 Å². The minimum Gasteiger partial charge on any atom is -0.381 e. The molecule has 3 rings (SSSR count). The van der Waals surface area contributed by atoms with E-state index in [2.05, 4.69) is 28.8 Å². The van der Waals surface area contributed by atoms with E-state index < -0.39 is 9.84 Å². The van der Waals surface area contributed by atoms with Crippen LogP contribution in [0.5, 0.6) is 0 Å². The van der Waals surface area contributed by atoms with Gasteiger partial charge >= 0.3 is 0 Å². The summed E-state index contributed by atoms with van der Waals surface area (Å²) in [7, 11) is -3.13. The van der Waals surface area contributed by atoms with Crippen molar-refractivity contribution in [2.45, 2.75) is 24.5 Å². The van der Waals surface area contributed by atoms with Gasteiger partial charge in [0.1, 0.15) is 0 Å². The zero-order chi connectivity index (χ0) is 14.9. The average molecular weight is 302 g/mol. The van der Waals surface area contributed by atoms with Gasteiger partial charge in [0.2, 0.25) is 0 Å². The zero-order valence-electron chi connectivity index (χ0n) is 11.9. The van der Waals surface area contributed by atoms with Gasteiger partial charge in [0.05, 0.1) is 4.90 Å². The molecule has 1 aliphatic heterocycles. The first-order valence-electron chi connectivity index (χ1n) is 6.88. The van der Waals surface area contributed by atoms with Gasteiger partial charge < -0.3 is 10.6 Å². The molecule has 2 aromatic rings. The summed E-state index contributed by atoms with van der Waals surface area (Å²) in [6, 6.07) is 13.4. The van der Waals surface area contributed by atoms with Gasteiger partial charge in [-0.3, -0.25) is 0 Å². The van der Waals surface area contributed by atoms with Crippen molar-refractivity contribution >= 4 is 15.5 Å². The van der Waals surface area contributed by atoms with Gasteiger partial charge in [-0.1, -0.05) is 18.2 Å². The monoisotopic (exact) mass is 302 g/mol. The summed E-state index contributed by atoms with van der Waals surface area (Å²) in [5.41, 5.74) is 4.88. The molecule has 2 N–H and O–H groups in total. The third-order valence-electron chi connectivity index (χ3n) is 3.68. The number of fused-ring (bicyclic) bond motifs is 1. The fourth-order valence-corrected chi connectivity index (χ4v) is 3.11. The number of rotatable bonds is 4. The summed E-state index contributed by atoms with van der Waals surface area (Å²) in [6.45, 7) is 2.62. The molecule has 1 aliphatic rings. The average Bonchev–Trinajstić information content (AvgIpc) is 2.92. The van der Waals surface area contributed by atoms with Crippen molar-refractivity contribution in [2.75, 3.05) is 11.6 Å². The standard InChI is InChI=1S/C16H18N2O2S/c1-21(19,20)16-6-4-15(5-7-16)18-9-12-2-3-13-10-17-11-14(13)8-12/h2-8,17-18H,9-11H2,1H3. The number of nitrogens with one attached hydrogen (secondary N) is 2. The molecule has 2 aromatic carbocycles. The minimum atomic E-state index is -3.13. The molecule has 21 heavy (non-hydrogen) atoms. The van der Waals surface area contributed by atoms with Crippen molar-refractivity contribution < 1.29 is 8.42 Å². The van der Waals surface area contributed by atoms with Crippen molar-refractivity contribution in [3.63, 3.8) is 0 Å². The Balaban J connectivity index is 1.68. The molecule has 0 amide bonds. The van der Waals surface area contributed by atoms with Crippen LogP contribution in [0, 0.1) is 0 Å². The fourth-order valence-electron chi connectivity index (χ4n) is 2.48. The number of hydrogen-bond acceptors (Lipinski definition) is 4. The van der Waals surface area contributed by atoms with Crippen LogP contribution in [0.4, 0.5) is 5.69 Å². The largest absolute Gasteiger partial charge is 0.381 e. The summed E-state index contributed by atoms with van der Waals surface area (Å²) < 4.78 is 22.8. The second-order valence-electron chi connectivity index (χ2n) is 5.36. The number of sulfone groups is 1. The van der Waals surface area contributed by atoms with E-state index in [1.807, 2.05) is 0 Å². The highest BCUT2D eigenvalue weighted by atomic mass is 32.2. The maximum atomic E-state index is 11.4. The van der Waals surface area contributed by atoms with Crippen LogP contribution in [0.3, 0.4) is 0 Å². The Bertz CT molecular complexity index is 752. The fraction of sp³-hybridized carbons (Fsp3) is 0.250. The molecule has 0 aliphatic carbocycles. The smallest absolute Gasteiger partial charge is 0.175 e. The summed E-state index contributed by atoms with van der Waals surface area (Å²) in [5.74, 6) is 0. The first-order valence-corrected chi connectivity index (χ1v) is 8.77. The van der Waals surface area contributed by atoms with Crippen molar-refractivity contribution in [1.29, 1.82) is 0 Å². The van der Waals surface area contributed by atoms with Gasteiger partial charge in [-0.25, -0.2) is 8.42 Å². The van der Waals surface area contributed by atoms with E-state index in [0.29, 0.717) is 4.90 Å². The van der Waals surface area contributed by atoms with Gasteiger partial charge in [0.25, 0.3) is 0 Å². The molecular weight excluding hydrogens is 284 g/mol. The third kappa shape index (κ3) is 3.25. The number of hydrogen-bond donors (Lipinski definition) is 2. The first-order chi connectivity index (χ1) is 10.0. The lowest BCUT2D eigenvalue weighted by Gasteiger charge is -2.08. The molecule has 5 heteroatoms. The van der Waals surface area contributed by atoms with E-state index in [1.165, 1.54) is 22.9 Å². The maximum Gasteiger partial charge on any atom is 0.175 e. The number of benzene rings is 2. The molecule has 4 nitrogen and oxygen atoms in total. The highest BCUT2D eigenvalue weighted by Crippen LogP contribution is 2.19. The summed E-state index contributed by atoms with van der Waals surface area (Å²) in [4.78, 5) is 0.344. The van der Waals surface area contributed by atoms with Crippen molar-refractivity contribution in [2.24, 2.45) is 0 Å². The van der Waals surface area contributed by atoms with Crippen LogP contribution in [-0.2, 0) is 29.5 Å². The maximum absolute atomic E-state index is 11.4. The van der Waals surface area contributed by atoms with E-state index in [1.54, 1.807) is 24.3 Å². The van der Waals surface area contributed by atoms with E-state index >= 15 is 0 Å². The second kappa shape index (κ2) is 5.50. The lowest BCUT2D eigenvalue weighted by molar-refractivity contribution is 0.602. The Kier molecular flexibility index (Phi) is 3.69. The lowest BCUT2D eigenvalue weighted by atomic mass is 10.1. The van der Waals surface area contributed by atoms with Gasteiger partial charge in [-0.05, 0) is 41.0 Å².